The third-order valence-corrected chi connectivity index (χ3v) is 5.20. The molecule has 3 aromatic rings. The predicted octanol–water partition coefficient (Wildman–Crippen LogP) is 2.84. The van der Waals surface area contributed by atoms with Crippen molar-refractivity contribution in [3.8, 4) is 11.3 Å². The quantitative estimate of drug-likeness (QED) is 0.762. The minimum absolute atomic E-state index is 0.342. The summed E-state index contributed by atoms with van der Waals surface area (Å²) in [7, 11) is 0. The summed E-state index contributed by atoms with van der Waals surface area (Å²) in [5.41, 5.74) is 2.93. The number of nitrogens with one attached hydrogen (secondary N) is 1. The highest BCUT2D eigenvalue weighted by Crippen LogP contribution is 2.34. The van der Waals surface area contributed by atoms with E-state index in [4.69, 9.17) is 4.52 Å². The van der Waals surface area contributed by atoms with Gasteiger partial charge in [0.05, 0.1) is 17.0 Å². The largest absolute Gasteiger partial charge is 0.338 e. The average Bonchev–Trinajstić information content (AvgIpc) is 3.27. The number of nitrogens with zero attached hydrogens (tertiary/aromatic N) is 3. The molecule has 4 rings (SSSR count). The Hall–Kier alpha value is -2.87. The monoisotopic (exact) mass is 368 g/mol. The summed E-state index contributed by atoms with van der Waals surface area (Å²) in [6.45, 7) is 1.63. The molecule has 1 aromatic carbocycles. The van der Waals surface area contributed by atoms with Gasteiger partial charge in [-0.05, 0) is 13.0 Å². The van der Waals surface area contributed by atoms with Crippen LogP contribution in [0.3, 0.4) is 0 Å². The van der Waals surface area contributed by atoms with Crippen molar-refractivity contribution in [2.45, 2.75) is 24.5 Å². The zero-order valence-corrected chi connectivity index (χ0v) is 14.8. The number of rotatable bonds is 4. The summed E-state index contributed by atoms with van der Waals surface area (Å²) in [6, 6.07) is 11.8. The molecule has 0 radical (unpaired) electrons. The zero-order chi connectivity index (χ0) is 18.1. The van der Waals surface area contributed by atoms with Gasteiger partial charge in [0.15, 0.2) is 0 Å². The summed E-state index contributed by atoms with van der Waals surface area (Å²) in [5, 5.41) is 11.0. The highest BCUT2D eigenvalue weighted by molar-refractivity contribution is 7.98. The lowest BCUT2D eigenvalue weighted by atomic mass is 10.1. The molecule has 1 amide bonds. The molecule has 0 aliphatic carbocycles. The third kappa shape index (κ3) is 3.03. The van der Waals surface area contributed by atoms with E-state index >= 15 is 0 Å². The average molecular weight is 368 g/mol. The van der Waals surface area contributed by atoms with Crippen LogP contribution in [0, 0.1) is 0 Å². The van der Waals surface area contributed by atoms with Crippen LogP contribution < -0.4 is 10.9 Å². The molecule has 0 bridgehead atoms. The van der Waals surface area contributed by atoms with Gasteiger partial charge in [0.1, 0.15) is 6.04 Å². The van der Waals surface area contributed by atoms with Crippen molar-refractivity contribution in [1.82, 2.24) is 14.9 Å². The number of carbonyl (C=O) groups excluding carboxylic acids is 1. The summed E-state index contributed by atoms with van der Waals surface area (Å²) >= 11 is 1.72. The number of hydrogen-bond acceptors (Lipinski definition) is 6. The number of thioether (sulfide) groups is 1. The van der Waals surface area contributed by atoms with Gasteiger partial charge in [-0.3, -0.25) is 14.9 Å². The van der Waals surface area contributed by atoms with E-state index in [0.29, 0.717) is 11.6 Å². The summed E-state index contributed by atoms with van der Waals surface area (Å²) in [6.07, 6.45) is 0. The Bertz CT molecular complexity index is 1010. The summed E-state index contributed by atoms with van der Waals surface area (Å²) < 4.78 is 6.40. The minimum Gasteiger partial charge on any atom is -0.338 e. The normalized spacial score (nSPS) is 14.0. The van der Waals surface area contributed by atoms with Gasteiger partial charge in [-0.15, -0.1) is 0 Å². The second-order valence-corrected chi connectivity index (χ2v) is 6.95. The highest BCUT2D eigenvalue weighted by Gasteiger charge is 2.25. The van der Waals surface area contributed by atoms with Crippen LogP contribution in [0.25, 0.3) is 11.3 Å². The molecule has 3 heterocycles. The Morgan fingerprint density at radius 3 is 2.85 bits per heavy atom. The van der Waals surface area contributed by atoms with E-state index in [1.807, 2.05) is 30.3 Å². The second kappa shape index (κ2) is 6.80. The molecular formula is C18H16N4O3S. The van der Waals surface area contributed by atoms with E-state index in [9.17, 15) is 9.59 Å². The molecule has 0 fully saturated rings. The molecule has 26 heavy (non-hydrogen) atoms. The van der Waals surface area contributed by atoms with Crippen LogP contribution in [-0.2, 0) is 16.3 Å². The first-order valence-corrected chi connectivity index (χ1v) is 9.30. The first-order valence-electron chi connectivity index (χ1n) is 8.15. The van der Waals surface area contributed by atoms with Gasteiger partial charge in [0.2, 0.25) is 5.88 Å². The van der Waals surface area contributed by atoms with Crippen LogP contribution in [0.4, 0.5) is 5.88 Å². The predicted molar refractivity (Wildman–Crippen MR) is 98.8 cm³/mol. The SMILES string of the molecule is CC(C(=O)Nc1onc2c1CSC2)n1nc(-c2ccccc2)ccc1=O. The number of amides is 1. The van der Waals surface area contributed by atoms with E-state index in [1.165, 1.54) is 10.7 Å². The van der Waals surface area contributed by atoms with Crippen molar-refractivity contribution in [3.63, 3.8) is 0 Å². The summed E-state index contributed by atoms with van der Waals surface area (Å²) in [4.78, 5) is 24.8. The van der Waals surface area contributed by atoms with Gasteiger partial charge in [-0.2, -0.15) is 16.9 Å². The van der Waals surface area contributed by atoms with Gasteiger partial charge in [0.25, 0.3) is 11.5 Å². The second-order valence-electron chi connectivity index (χ2n) is 5.96. The van der Waals surface area contributed by atoms with Crippen molar-refractivity contribution < 1.29 is 9.32 Å². The Morgan fingerprint density at radius 1 is 1.23 bits per heavy atom. The van der Waals surface area contributed by atoms with Gasteiger partial charge in [-0.25, -0.2) is 4.68 Å². The Morgan fingerprint density at radius 2 is 2.04 bits per heavy atom. The molecule has 8 heteroatoms. The van der Waals surface area contributed by atoms with Crippen LogP contribution in [0.1, 0.15) is 24.2 Å². The van der Waals surface area contributed by atoms with E-state index in [0.717, 1.165) is 28.3 Å². The van der Waals surface area contributed by atoms with Crippen molar-refractivity contribution in [3.05, 3.63) is 64.1 Å². The maximum absolute atomic E-state index is 12.6. The first-order chi connectivity index (χ1) is 12.6. The van der Waals surface area contributed by atoms with Crippen molar-refractivity contribution >= 4 is 23.6 Å². The van der Waals surface area contributed by atoms with Crippen LogP contribution in [0.2, 0.25) is 0 Å². The summed E-state index contributed by atoms with van der Waals surface area (Å²) in [5.74, 6) is 1.52. The van der Waals surface area contributed by atoms with E-state index in [2.05, 4.69) is 15.6 Å². The lowest BCUT2D eigenvalue weighted by Crippen LogP contribution is -2.33. The Balaban J connectivity index is 1.60. The van der Waals surface area contributed by atoms with Crippen LogP contribution in [-0.4, -0.2) is 20.8 Å². The Labute approximate surface area is 153 Å². The first kappa shape index (κ1) is 16.6. The molecular weight excluding hydrogens is 352 g/mol. The zero-order valence-electron chi connectivity index (χ0n) is 14.0. The van der Waals surface area contributed by atoms with Crippen LogP contribution >= 0.6 is 11.8 Å². The number of anilines is 1. The molecule has 1 unspecified atom stereocenters. The highest BCUT2D eigenvalue weighted by atomic mass is 32.2. The number of benzene rings is 1. The maximum Gasteiger partial charge on any atom is 0.267 e. The third-order valence-electron chi connectivity index (χ3n) is 4.23. The maximum atomic E-state index is 12.6. The number of aromatic nitrogens is 3. The van der Waals surface area contributed by atoms with E-state index in [-0.39, 0.29) is 11.5 Å². The van der Waals surface area contributed by atoms with Gasteiger partial charge in [0, 0.05) is 23.1 Å². The topological polar surface area (TPSA) is 90.0 Å². The van der Waals surface area contributed by atoms with Crippen LogP contribution in [0.15, 0.2) is 51.8 Å². The van der Waals surface area contributed by atoms with Crippen molar-refractivity contribution in [1.29, 1.82) is 0 Å². The number of fused-ring (bicyclic) bond motifs is 1. The fraction of sp³-hybridized carbons (Fsp3) is 0.222. The molecule has 2 aromatic heterocycles. The molecule has 132 valence electrons. The Kier molecular flexibility index (Phi) is 4.34. The lowest BCUT2D eigenvalue weighted by Gasteiger charge is -2.14. The van der Waals surface area contributed by atoms with E-state index in [1.54, 1.807) is 24.8 Å². The molecule has 1 aliphatic heterocycles. The van der Waals surface area contributed by atoms with Gasteiger partial charge in [-0.1, -0.05) is 35.5 Å². The van der Waals surface area contributed by atoms with Crippen molar-refractivity contribution in [2.75, 3.05) is 5.32 Å². The molecule has 0 spiro atoms. The molecule has 1 aliphatic rings. The van der Waals surface area contributed by atoms with E-state index < -0.39 is 6.04 Å². The molecule has 0 saturated carbocycles. The molecule has 7 nitrogen and oxygen atoms in total. The lowest BCUT2D eigenvalue weighted by molar-refractivity contribution is -0.119. The molecule has 0 saturated heterocycles. The fourth-order valence-electron chi connectivity index (χ4n) is 2.75. The molecule has 1 atom stereocenters. The van der Waals surface area contributed by atoms with Gasteiger partial charge < -0.3 is 4.52 Å². The minimum atomic E-state index is -0.791. The number of hydrogen-bond donors (Lipinski definition) is 1. The van der Waals surface area contributed by atoms with Gasteiger partial charge >= 0.3 is 0 Å². The standard InChI is InChI=1S/C18H16N4O3S/c1-11(17(24)19-18-13-9-26-10-15(13)21-25-18)22-16(23)8-7-14(20-22)12-5-3-2-4-6-12/h2-8,11H,9-10H2,1H3,(H,19,24). The molecule has 1 N–H and O–H groups in total. The smallest absolute Gasteiger partial charge is 0.267 e. The number of carbonyl (C=O) groups is 1. The van der Waals surface area contributed by atoms with Crippen molar-refractivity contribution in [2.24, 2.45) is 0 Å². The fourth-order valence-corrected chi connectivity index (χ4v) is 3.77. The van der Waals surface area contributed by atoms with Crippen LogP contribution in [0.5, 0.6) is 0 Å².